The van der Waals surface area contributed by atoms with Crippen molar-refractivity contribution in [2.45, 2.75) is 46.6 Å². The standard InChI is InChI=1S/C28H32N2O4/c1-19-17-30(27(31)34-28(3,4)5)18-24(19)22-12-9-13-23(16-22)32-15-14-25-20(2)33-26(29-25)21-10-7-6-8-11-21/h6-13,16H,14-15,17-18H2,1-5H3. The van der Waals surface area contributed by atoms with Crippen LogP contribution in [0.25, 0.3) is 17.0 Å². The summed E-state index contributed by atoms with van der Waals surface area (Å²) in [5.41, 5.74) is 4.71. The summed E-state index contributed by atoms with van der Waals surface area (Å²) in [4.78, 5) is 18.9. The molecule has 34 heavy (non-hydrogen) atoms. The van der Waals surface area contributed by atoms with Crippen molar-refractivity contribution in [1.29, 1.82) is 0 Å². The number of rotatable bonds is 6. The summed E-state index contributed by atoms with van der Waals surface area (Å²) in [6.07, 6.45) is 0.368. The maximum atomic E-state index is 12.5. The molecule has 0 saturated heterocycles. The lowest BCUT2D eigenvalue weighted by Crippen LogP contribution is -2.35. The average molecular weight is 461 g/mol. The van der Waals surface area contributed by atoms with E-state index < -0.39 is 5.60 Å². The van der Waals surface area contributed by atoms with Gasteiger partial charge in [0.15, 0.2) is 0 Å². The van der Waals surface area contributed by atoms with Gasteiger partial charge >= 0.3 is 6.09 Å². The van der Waals surface area contributed by atoms with E-state index >= 15 is 0 Å². The van der Waals surface area contributed by atoms with E-state index in [2.05, 4.69) is 18.0 Å². The molecule has 3 aromatic rings. The lowest BCUT2D eigenvalue weighted by Gasteiger charge is -2.24. The number of amides is 1. The summed E-state index contributed by atoms with van der Waals surface area (Å²) in [7, 11) is 0. The van der Waals surface area contributed by atoms with Gasteiger partial charge in [0.1, 0.15) is 17.1 Å². The number of ether oxygens (including phenoxy) is 2. The highest BCUT2D eigenvalue weighted by molar-refractivity contribution is 5.79. The first-order valence-corrected chi connectivity index (χ1v) is 11.6. The molecule has 0 saturated carbocycles. The minimum Gasteiger partial charge on any atom is -0.493 e. The highest BCUT2D eigenvalue weighted by Crippen LogP contribution is 2.30. The summed E-state index contributed by atoms with van der Waals surface area (Å²) in [6, 6.07) is 17.9. The molecule has 0 fully saturated rings. The SMILES string of the molecule is CC1=C(c2cccc(OCCc3nc(-c4ccccc4)oc3C)c2)CN(C(=O)OC(C)(C)C)C1. The molecule has 178 valence electrons. The Morgan fingerprint density at radius 1 is 1.03 bits per heavy atom. The third-order valence-corrected chi connectivity index (χ3v) is 5.65. The van der Waals surface area contributed by atoms with Crippen molar-refractivity contribution in [3.8, 4) is 17.2 Å². The topological polar surface area (TPSA) is 64.8 Å². The maximum absolute atomic E-state index is 12.5. The van der Waals surface area contributed by atoms with E-state index in [0.29, 0.717) is 32.0 Å². The third kappa shape index (κ3) is 5.68. The van der Waals surface area contributed by atoms with Crippen LogP contribution in [-0.2, 0) is 11.2 Å². The number of nitrogens with zero attached hydrogens (tertiary/aromatic N) is 2. The summed E-state index contributed by atoms with van der Waals surface area (Å²) in [5.74, 6) is 2.23. The molecule has 0 atom stereocenters. The highest BCUT2D eigenvalue weighted by atomic mass is 16.6. The van der Waals surface area contributed by atoms with E-state index in [0.717, 1.165) is 39.5 Å². The molecule has 1 amide bonds. The largest absolute Gasteiger partial charge is 0.493 e. The van der Waals surface area contributed by atoms with Gasteiger partial charge in [-0.25, -0.2) is 9.78 Å². The Bertz CT molecular complexity index is 1190. The molecular weight excluding hydrogens is 428 g/mol. The van der Waals surface area contributed by atoms with Gasteiger partial charge in [-0.2, -0.15) is 0 Å². The number of oxazole rings is 1. The fraction of sp³-hybridized carbons (Fsp3) is 0.357. The second-order valence-electron chi connectivity index (χ2n) is 9.61. The molecule has 0 bridgehead atoms. The van der Waals surface area contributed by atoms with Gasteiger partial charge < -0.3 is 13.9 Å². The van der Waals surface area contributed by atoms with Crippen LogP contribution >= 0.6 is 0 Å². The van der Waals surface area contributed by atoms with Crippen LogP contribution < -0.4 is 4.74 Å². The molecule has 1 aliphatic heterocycles. The summed E-state index contributed by atoms with van der Waals surface area (Å²) in [5, 5.41) is 0. The molecule has 2 aromatic carbocycles. The third-order valence-electron chi connectivity index (χ3n) is 5.65. The lowest BCUT2D eigenvalue weighted by molar-refractivity contribution is 0.0303. The molecule has 1 aromatic heterocycles. The first kappa shape index (κ1) is 23.6. The fourth-order valence-corrected chi connectivity index (χ4v) is 3.96. The normalized spacial score (nSPS) is 14.0. The number of aromatic nitrogens is 1. The van der Waals surface area contributed by atoms with E-state index in [-0.39, 0.29) is 6.09 Å². The predicted molar refractivity (Wildman–Crippen MR) is 133 cm³/mol. The monoisotopic (exact) mass is 460 g/mol. The molecule has 0 spiro atoms. The van der Waals surface area contributed by atoms with Crippen LogP contribution in [0.1, 0.15) is 44.7 Å². The van der Waals surface area contributed by atoms with Crippen molar-refractivity contribution < 1.29 is 18.7 Å². The van der Waals surface area contributed by atoms with Gasteiger partial charge in [0.05, 0.1) is 12.3 Å². The zero-order valence-electron chi connectivity index (χ0n) is 20.6. The predicted octanol–water partition coefficient (Wildman–Crippen LogP) is 6.30. The van der Waals surface area contributed by atoms with Gasteiger partial charge in [-0.05, 0) is 75.6 Å². The Hall–Kier alpha value is -3.54. The summed E-state index contributed by atoms with van der Waals surface area (Å²) in [6.45, 7) is 11.2. The molecule has 0 radical (unpaired) electrons. The molecule has 2 heterocycles. The number of carbonyl (C=O) groups is 1. The van der Waals surface area contributed by atoms with Crippen LogP contribution in [0.2, 0.25) is 0 Å². The molecule has 6 heteroatoms. The van der Waals surface area contributed by atoms with Gasteiger partial charge in [0.2, 0.25) is 5.89 Å². The van der Waals surface area contributed by atoms with Crippen LogP contribution in [-0.4, -0.2) is 41.3 Å². The van der Waals surface area contributed by atoms with Crippen molar-refractivity contribution >= 4 is 11.7 Å². The van der Waals surface area contributed by atoms with Crippen molar-refractivity contribution in [2.24, 2.45) is 0 Å². The van der Waals surface area contributed by atoms with Gasteiger partial charge in [0, 0.05) is 25.1 Å². The first-order valence-electron chi connectivity index (χ1n) is 11.6. The van der Waals surface area contributed by atoms with Gasteiger partial charge in [-0.1, -0.05) is 30.3 Å². The minimum atomic E-state index is -0.508. The first-order chi connectivity index (χ1) is 16.2. The number of aryl methyl sites for hydroxylation is 1. The molecule has 0 unspecified atom stereocenters. The smallest absolute Gasteiger partial charge is 0.410 e. The second-order valence-corrected chi connectivity index (χ2v) is 9.61. The quantitative estimate of drug-likeness (QED) is 0.432. The molecule has 6 nitrogen and oxygen atoms in total. The maximum Gasteiger partial charge on any atom is 0.410 e. The number of benzene rings is 2. The van der Waals surface area contributed by atoms with Gasteiger partial charge in [0.25, 0.3) is 0 Å². The van der Waals surface area contributed by atoms with E-state index in [1.54, 1.807) is 4.90 Å². The second kappa shape index (κ2) is 9.75. The van der Waals surface area contributed by atoms with E-state index in [4.69, 9.17) is 13.9 Å². The Balaban J connectivity index is 1.37. The molecule has 0 aliphatic carbocycles. The van der Waals surface area contributed by atoms with Crippen LogP contribution in [0.5, 0.6) is 5.75 Å². The molecule has 1 aliphatic rings. The van der Waals surface area contributed by atoms with Gasteiger partial charge in [-0.3, -0.25) is 4.90 Å². The lowest BCUT2D eigenvalue weighted by atomic mass is 10.0. The van der Waals surface area contributed by atoms with Crippen LogP contribution in [0.15, 0.2) is 64.6 Å². The van der Waals surface area contributed by atoms with Crippen molar-refractivity contribution in [3.63, 3.8) is 0 Å². The number of carbonyl (C=O) groups excluding carboxylic acids is 1. The molecule has 4 rings (SSSR count). The van der Waals surface area contributed by atoms with Crippen LogP contribution in [0, 0.1) is 6.92 Å². The zero-order valence-corrected chi connectivity index (χ0v) is 20.6. The molecular formula is C28H32N2O4. The van der Waals surface area contributed by atoms with Crippen molar-refractivity contribution in [2.75, 3.05) is 19.7 Å². The fourth-order valence-electron chi connectivity index (χ4n) is 3.96. The number of hydrogen-bond acceptors (Lipinski definition) is 5. The van der Waals surface area contributed by atoms with E-state index in [1.165, 1.54) is 0 Å². The average Bonchev–Trinajstić information content (AvgIpc) is 3.36. The van der Waals surface area contributed by atoms with Crippen molar-refractivity contribution in [3.05, 3.63) is 77.2 Å². The highest BCUT2D eigenvalue weighted by Gasteiger charge is 2.28. The Morgan fingerprint density at radius 2 is 1.76 bits per heavy atom. The Morgan fingerprint density at radius 3 is 2.50 bits per heavy atom. The van der Waals surface area contributed by atoms with Crippen LogP contribution in [0.3, 0.4) is 0 Å². The number of hydrogen-bond donors (Lipinski definition) is 0. The summed E-state index contributed by atoms with van der Waals surface area (Å²) >= 11 is 0. The summed E-state index contributed by atoms with van der Waals surface area (Å²) < 4.78 is 17.4. The Labute approximate surface area is 201 Å². The minimum absolute atomic E-state index is 0.285. The van der Waals surface area contributed by atoms with E-state index in [1.807, 2.05) is 76.2 Å². The Kier molecular flexibility index (Phi) is 6.77. The van der Waals surface area contributed by atoms with Crippen LogP contribution in [0.4, 0.5) is 4.79 Å². The van der Waals surface area contributed by atoms with Gasteiger partial charge in [-0.15, -0.1) is 0 Å². The zero-order chi connectivity index (χ0) is 24.3. The van der Waals surface area contributed by atoms with E-state index in [9.17, 15) is 4.79 Å². The molecule has 0 N–H and O–H groups in total. The van der Waals surface area contributed by atoms with Crippen molar-refractivity contribution in [1.82, 2.24) is 9.88 Å².